The van der Waals surface area contributed by atoms with Gasteiger partial charge in [-0.05, 0) is 43.7 Å². The SMILES string of the molecule is CCCC(=O)Nc1cccc(-c2cc(C(=O)OCC)nn2-c2ccccc2F)c1. The van der Waals surface area contributed by atoms with Crippen LogP contribution >= 0.6 is 0 Å². The highest BCUT2D eigenvalue weighted by molar-refractivity contribution is 5.92. The van der Waals surface area contributed by atoms with Gasteiger partial charge in [0, 0.05) is 17.7 Å². The van der Waals surface area contributed by atoms with Gasteiger partial charge in [0.25, 0.3) is 0 Å². The summed E-state index contributed by atoms with van der Waals surface area (Å²) in [6, 6.07) is 14.8. The number of aromatic nitrogens is 2. The lowest BCUT2D eigenvalue weighted by atomic mass is 10.1. The van der Waals surface area contributed by atoms with Gasteiger partial charge in [0.05, 0.1) is 12.3 Å². The number of nitrogens with zero attached hydrogens (tertiary/aromatic N) is 2. The van der Waals surface area contributed by atoms with Gasteiger partial charge < -0.3 is 10.1 Å². The highest BCUT2D eigenvalue weighted by Crippen LogP contribution is 2.28. The fraction of sp³-hybridized carbons (Fsp3) is 0.227. The van der Waals surface area contributed by atoms with Gasteiger partial charge in [0.1, 0.15) is 11.5 Å². The standard InChI is InChI=1S/C22H22FN3O3/c1-3-8-21(27)24-16-10-7-9-15(13-16)20-14-18(22(28)29-4-2)25-26(20)19-12-6-5-11-17(19)23/h5-7,9-14H,3-4,8H2,1-2H3,(H,24,27). The summed E-state index contributed by atoms with van der Waals surface area (Å²) in [5, 5.41) is 7.11. The maximum Gasteiger partial charge on any atom is 0.358 e. The molecule has 1 heterocycles. The number of ether oxygens (including phenoxy) is 1. The zero-order valence-electron chi connectivity index (χ0n) is 16.3. The first-order valence-electron chi connectivity index (χ1n) is 9.45. The van der Waals surface area contributed by atoms with Crippen molar-refractivity contribution in [3.05, 3.63) is 66.1 Å². The molecule has 1 N–H and O–H groups in total. The number of para-hydroxylation sites is 1. The topological polar surface area (TPSA) is 73.2 Å². The number of anilines is 1. The summed E-state index contributed by atoms with van der Waals surface area (Å²) in [6.45, 7) is 3.84. The van der Waals surface area contributed by atoms with Crippen molar-refractivity contribution in [1.82, 2.24) is 9.78 Å². The molecule has 0 saturated carbocycles. The van der Waals surface area contributed by atoms with Gasteiger partial charge in [0.2, 0.25) is 5.91 Å². The molecule has 0 aliphatic heterocycles. The van der Waals surface area contributed by atoms with Gasteiger partial charge >= 0.3 is 5.97 Å². The molecule has 3 aromatic rings. The number of carbonyl (C=O) groups is 2. The summed E-state index contributed by atoms with van der Waals surface area (Å²) >= 11 is 0. The third-order valence-corrected chi connectivity index (χ3v) is 4.19. The Kier molecular flexibility index (Phi) is 6.39. The number of amides is 1. The van der Waals surface area contributed by atoms with Gasteiger partial charge in [-0.2, -0.15) is 5.10 Å². The third kappa shape index (κ3) is 4.68. The number of esters is 1. The van der Waals surface area contributed by atoms with Crippen molar-refractivity contribution >= 4 is 17.6 Å². The Bertz CT molecular complexity index is 1030. The summed E-state index contributed by atoms with van der Waals surface area (Å²) in [7, 11) is 0. The molecule has 2 aromatic carbocycles. The van der Waals surface area contributed by atoms with Crippen molar-refractivity contribution in [2.24, 2.45) is 0 Å². The van der Waals surface area contributed by atoms with E-state index in [9.17, 15) is 14.0 Å². The first-order chi connectivity index (χ1) is 14.0. The van der Waals surface area contributed by atoms with E-state index < -0.39 is 11.8 Å². The fourth-order valence-electron chi connectivity index (χ4n) is 2.91. The number of halogens is 1. The normalized spacial score (nSPS) is 10.6. The highest BCUT2D eigenvalue weighted by atomic mass is 19.1. The average molecular weight is 395 g/mol. The lowest BCUT2D eigenvalue weighted by molar-refractivity contribution is -0.116. The zero-order chi connectivity index (χ0) is 20.8. The van der Waals surface area contributed by atoms with Crippen LogP contribution in [-0.4, -0.2) is 28.3 Å². The van der Waals surface area contributed by atoms with Crippen LogP contribution in [0.25, 0.3) is 16.9 Å². The maximum absolute atomic E-state index is 14.4. The second-order valence-electron chi connectivity index (χ2n) is 6.38. The Labute approximate surface area is 168 Å². The molecule has 0 fully saturated rings. The summed E-state index contributed by atoms with van der Waals surface area (Å²) < 4.78 is 20.8. The quantitative estimate of drug-likeness (QED) is 0.594. The molecule has 0 spiro atoms. The van der Waals surface area contributed by atoms with Crippen molar-refractivity contribution < 1.29 is 18.7 Å². The lowest BCUT2D eigenvalue weighted by Crippen LogP contribution is -2.10. The van der Waals surface area contributed by atoms with E-state index in [1.165, 1.54) is 10.7 Å². The minimum Gasteiger partial charge on any atom is -0.461 e. The van der Waals surface area contributed by atoms with Crippen LogP contribution in [-0.2, 0) is 9.53 Å². The molecule has 0 saturated heterocycles. The number of rotatable bonds is 7. The van der Waals surface area contributed by atoms with Gasteiger partial charge in [-0.1, -0.05) is 31.2 Å². The van der Waals surface area contributed by atoms with Crippen LogP contribution in [0.2, 0.25) is 0 Å². The van der Waals surface area contributed by atoms with E-state index in [-0.39, 0.29) is 23.9 Å². The van der Waals surface area contributed by atoms with Crippen LogP contribution in [0.1, 0.15) is 37.2 Å². The van der Waals surface area contributed by atoms with E-state index in [2.05, 4.69) is 10.4 Å². The number of hydrogen-bond donors (Lipinski definition) is 1. The monoisotopic (exact) mass is 395 g/mol. The van der Waals surface area contributed by atoms with Crippen molar-refractivity contribution in [3.8, 4) is 16.9 Å². The fourth-order valence-corrected chi connectivity index (χ4v) is 2.91. The molecule has 7 heteroatoms. The van der Waals surface area contributed by atoms with Crippen LogP contribution < -0.4 is 5.32 Å². The molecule has 0 radical (unpaired) electrons. The average Bonchev–Trinajstić information content (AvgIpc) is 3.14. The van der Waals surface area contributed by atoms with Crippen LogP contribution in [0.15, 0.2) is 54.6 Å². The van der Waals surface area contributed by atoms with Gasteiger partial charge in [-0.3, -0.25) is 4.79 Å². The Morgan fingerprint density at radius 1 is 1.10 bits per heavy atom. The van der Waals surface area contributed by atoms with Crippen LogP contribution in [0, 0.1) is 5.82 Å². The van der Waals surface area contributed by atoms with Crippen LogP contribution in [0.3, 0.4) is 0 Å². The van der Waals surface area contributed by atoms with E-state index >= 15 is 0 Å². The number of carbonyl (C=O) groups excluding carboxylic acids is 2. The molecule has 1 amide bonds. The Morgan fingerprint density at radius 2 is 1.90 bits per heavy atom. The Balaban J connectivity index is 2.07. The Morgan fingerprint density at radius 3 is 2.62 bits per heavy atom. The second kappa shape index (κ2) is 9.14. The third-order valence-electron chi connectivity index (χ3n) is 4.19. The minimum atomic E-state index is -0.587. The van der Waals surface area contributed by atoms with Gasteiger partial charge in [-0.15, -0.1) is 0 Å². The molecule has 0 aliphatic rings. The molecule has 3 rings (SSSR count). The number of hydrogen-bond acceptors (Lipinski definition) is 4. The molecule has 0 aliphatic carbocycles. The van der Waals surface area contributed by atoms with Crippen LogP contribution in [0.5, 0.6) is 0 Å². The largest absolute Gasteiger partial charge is 0.461 e. The zero-order valence-corrected chi connectivity index (χ0v) is 16.3. The van der Waals surface area contributed by atoms with Crippen molar-refractivity contribution in [3.63, 3.8) is 0 Å². The van der Waals surface area contributed by atoms with E-state index in [0.717, 1.165) is 6.42 Å². The van der Waals surface area contributed by atoms with Crippen molar-refractivity contribution in [1.29, 1.82) is 0 Å². The van der Waals surface area contributed by atoms with E-state index in [1.807, 2.05) is 6.92 Å². The molecule has 0 atom stereocenters. The molecule has 150 valence electrons. The van der Waals surface area contributed by atoms with Crippen molar-refractivity contribution in [2.45, 2.75) is 26.7 Å². The molecular weight excluding hydrogens is 373 g/mol. The predicted molar refractivity (Wildman–Crippen MR) is 108 cm³/mol. The first-order valence-corrected chi connectivity index (χ1v) is 9.45. The molecular formula is C22H22FN3O3. The van der Waals surface area contributed by atoms with Gasteiger partial charge in [0.15, 0.2) is 5.69 Å². The summed E-state index contributed by atoms with van der Waals surface area (Å²) in [6.07, 6.45) is 1.17. The van der Waals surface area contributed by atoms with Crippen LogP contribution in [0.4, 0.5) is 10.1 Å². The second-order valence-corrected chi connectivity index (χ2v) is 6.38. The van der Waals surface area contributed by atoms with E-state index in [4.69, 9.17) is 4.74 Å². The molecule has 0 unspecified atom stereocenters. The van der Waals surface area contributed by atoms with E-state index in [1.54, 1.807) is 55.5 Å². The highest BCUT2D eigenvalue weighted by Gasteiger charge is 2.19. The molecule has 1 aromatic heterocycles. The predicted octanol–water partition coefficient (Wildman–Crippen LogP) is 4.59. The van der Waals surface area contributed by atoms with E-state index in [0.29, 0.717) is 23.4 Å². The molecule has 29 heavy (non-hydrogen) atoms. The number of benzene rings is 2. The molecule has 0 bridgehead atoms. The first kappa shape index (κ1) is 20.3. The summed E-state index contributed by atoms with van der Waals surface area (Å²) in [4.78, 5) is 24.1. The molecule has 6 nitrogen and oxygen atoms in total. The number of nitrogens with one attached hydrogen (secondary N) is 1. The minimum absolute atomic E-state index is 0.0746. The van der Waals surface area contributed by atoms with Crippen molar-refractivity contribution in [2.75, 3.05) is 11.9 Å². The van der Waals surface area contributed by atoms with Gasteiger partial charge in [-0.25, -0.2) is 13.9 Å². The maximum atomic E-state index is 14.4. The lowest BCUT2D eigenvalue weighted by Gasteiger charge is -2.10. The summed E-state index contributed by atoms with van der Waals surface area (Å²) in [5.41, 5.74) is 2.07. The summed E-state index contributed by atoms with van der Waals surface area (Å²) in [5.74, 6) is -1.14. The Hall–Kier alpha value is -3.48. The smallest absolute Gasteiger partial charge is 0.358 e.